The number of thiazole rings is 1. The van der Waals surface area contributed by atoms with Gasteiger partial charge in [0.15, 0.2) is 4.34 Å². The van der Waals surface area contributed by atoms with Gasteiger partial charge in [-0.1, -0.05) is 23.9 Å². The van der Waals surface area contributed by atoms with E-state index in [0.29, 0.717) is 30.3 Å². The molecule has 0 unspecified atom stereocenters. The van der Waals surface area contributed by atoms with Crippen molar-refractivity contribution in [3.63, 3.8) is 0 Å². The maximum atomic E-state index is 12.3. The normalized spacial score (nSPS) is 11.4. The van der Waals surface area contributed by atoms with Crippen molar-refractivity contribution >= 4 is 54.9 Å². The molecule has 0 saturated carbocycles. The highest BCUT2D eigenvalue weighted by atomic mass is 32.2. The molecule has 1 N–H and O–H groups in total. The van der Waals surface area contributed by atoms with Gasteiger partial charge in [-0.15, -0.1) is 11.3 Å². The van der Waals surface area contributed by atoms with Crippen molar-refractivity contribution in [2.24, 2.45) is 0 Å². The summed E-state index contributed by atoms with van der Waals surface area (Å²) in [7, 11) is -3.61. The van der Waals surface area contributed by atoms with E-state index in [2.05, 4.69) is 10.3 Å². The number of rotatable bonds is 10. The molecule has 0 aliphatic heterocycles. The summed E-state index contributed by atoms with van der Waals surface area (Å²) < 4.78 is 32.9. The number of hydrogen-bond acceptors (Lipinski definition) is 7. The molecule has 1 heterocycles. The van der Waals surface area contributed by atoms with Crippen LogP contribution in [0.1, 0.15) is 6.92 Å². The van der Waals surface area contributed by atoms with Gasteiger partial charge in [0.2, 0.25) is 15.9 Å². The lowest BCUT2D eigenvalue weighted by atomic mass is 10.3. The van der Waals surface area contributed by atoms with E-state index < -0.39 is 10.0 Å². The molecule has 0 fully saturated rings. The lowest BCUT2D eigenvalue weighted by Crippen LogP contribution is -2.41. The molecule has 30 heavy (non-hydrogen) atoms. The Morgan fingerprint density at radius 3 is 2.60 bits per heavy atom. The first-order chi connectivity index (χ1) is 14.4. The van der Waals surface area contributed by atoms with Crippen LogP contribution in [0.25, 0.3) is 10.2 Å². The fraction of sp³-hybridized carbons (Fsp3) is 0.300. The minimum atomic E-state index is -3.61. The molecule has 160 valence electrons. The number of hydrogen-bond donors (Lipinski definition) is 1. The fourth-order valence-corrected chi connectivity index (χ4v) is 5.55. The lowest BCUT2D eigenvalue weighted by Gasteiger charge is -2.22. The van der Waals surface area contributed by atoms with Crippen molar-refractivity contribution < 1.29 is 17.9 Å². The van der Waals surface area contributed by atoms with Crippen LogP contribution in [0.2, 0.25) is 0 Å². The van der Waals surface area contributed by atoms with Crippen LogP contribution in [0.3, 0.4) is 0 Å². The third-order valence-corrected chi connectivity index (χ3v) is 7.37. The average molecular weight is 466 g/mol. The predicted octanol–water partition coefficient (Wildman–Crippen LogP) is 3.37. The van der Waals surface area contributed by atoms with Crippen molar-refractivity contribution in [3.8, 4) is 5.75 Å². The molecule has 3 aromatic rings. The van der Waals surface area contributed by atoms with E-state index in [-0.39, 0.29) is 12.5 Å². The van der Waals surface area contributed by atoms with E-state index >= 15 is 0 Å². The molecule has 0 atom stereocenters. The molecule has 1 amide bonds. The molecule has 3 rings (SSSR count). The Morgan fingerprint density at radius 1 is 1.20 bits per heavy atom. The zero-order valence-corrected chi connectivity index (χ0v) is 19.1. The van der Waals surface area contributed by atoms with Crippen molar-refractivity contribution in [1.29, 1.82) is 0 Å². The largest absolute Gasteiger partial charge is 0.494 e. The number of nitrogens with zero attached hydrogens (tertiary/aromatic N) is 2. The highest BCUT2D eigenvalue weighted by molar-refractivity contribution is 8.01. The van der Waals surface area contributed by atoms with Gasteiger partial charge >= 0.3 is 0 Å². The van der Waals surface area contributed by atoms with Gasteiger partial charge in [0.25, 0.3) is 0 Å². The summed E-state index contributed by atoms with van der Waals surface area (Å²) in [6.45, 7) is 2.53. The molecule has 0 saturated heterocycles. The molecular weight excluding hydrogens is 442 g/mol. The summed E-state index contributed by atoms with van der Waals surface area (Å²) in [6, 6.07) is 14.6. The number of fused-ring (bicyclic) bond motifs is 1. The summed E-state index contributed by atoms with van der Waals surface area (Å²) >= 11 is 3.18. The molecule has 0 radical (unpaired) electrons. The summed E-state index contributed by atoms with van der Waals surface area (Å²) in [5, 5.41) is 2.78. The van der Waals surface area contributed by atoms with Gasteiger partial charge in [0, 0.05) is 12.3 Å². The first kappa shape index (κ1) is 22.4. The van der Waals surface area contributed by atoms with Gasteiger partial charge in [-0.2, -0.15) is 0 Å². The Bertz CT molecular complexity index is 1060. The van der Waals surface area contributed by atoms with E-state index in [1.54, 1.807) is 47.4 Å². The lowest BCUT2D eigenvalue weighted by molar-refractivity contribution is -0.119. The van der Waals surface area contributed by atoms with E-state index in [9.17, 15) is 13.2 Å². The SMILES string of the molecule is CCOc1ccc(N(CC(=O)NCCSc2nc3ccccc3s2)S(C)(=O)=O)cc1. The van der Waals surface area contributed by atoms with Crippen LogP contribution in [0.15, 0.2) is 52.9 Å². The Kier molecular flexibility index (Phi) is 7.57. The summed E-state index contributed by atoms with van der Waals surface area (Å²) in [5.41, 5.74) is 1.38. The summed E-state index contributed by atoms with van der Waals surface area (Å²) in [6.07, 6.45) is 1.08. The standard InChI is InChI=1S/C20H23N3O4S3/c1-3-27-16-10-8-15(9-11-16)23(30(2,25)26)14-19(24)21-12-13-28-20-22-17-6-4-5-7-18(17)29-20/h4-11H,3,12-14H2,1-2H3,(H,21,24). The summed E-state index contributed by atoms with van der Waals surface area (Å²) in [4.78, 5) is 16.9. The molecule has 1 aromatic heterocycles. The van der Waals surface area contributed by atoms with Crippen LogP contribution in [0.4, 0.5) is 5.69 Å². The van der Waals surface area contributed by atoms with E-state index in [1.165, 1.54) is 0 Å². The number of ether oxygens (including phenoxy) is 1. The van der Waals surface area contributed by atoms with Crippen LogP contribution >= 0.6 is 23.1 Å². The fourth-order valence-electron chi connectivity index (χ4n) is 2.70. The van der Waals surface area contributed by atoms with E-state index in [1.807, 2.05) is 31.2 Å². The van der Waals surface area contributed by atoms with Crippen molar-refractivity contribution in [3.05, 3.63) is 48.5 Å². The summed E-state index contributed by atoms with van der Waals surface area (Å²) in [5.74, 6) is 0.929. The van der Waals surface area contributed by atoms with Crippen molar-refractivity contribution in [2.75, 3.05) is 36.0 Å². The van der Waals surface area contributed by atoms with Gasteiger partial charge in [-0.25, -0.2) is 13.4 Å². The second kappa shape index (κ2) is 10.1. The Labute approximate surface area is 184 Å². The Balaban J connectivity index is 1.52. The number of carbonyl (C=O) groups is 1. The van der Waals surface area contributed by atoms with Gasteiger partial charge in [-0.05, 0) is 43.3 Å². The van der Waals surface area contributed by atoms with Crippen LogP contribution in [0.5, 0.6) is 5.75 Å². The number of benzene rings is 2. The van der Waals surface area contributed by atoms with Gasteiger partial charge < -0.3 is 10.1 Å². The second-order valence-corrected chi connectivity index (χ2v) is 10.6. The van der Waals surface area contributed by atoms with E-state index in [0.717, 1.165) is 25.1 Å². The number of aromatic nitrogens is 1. The quantitative estimate of drug-likeness (QED) is 0.365. The van der Waals surface area contributed by atoms with Gasteiger partial charge in [0.1, 0.15) is 12.3 Å². The highest BCUT2D eigenvalue weighted by Gasteiger charge is 2.20. The molecule has 10 heteroatoms. The second-order valence-electron chi connectivity index (χ2n) is 6.34. The molecule has 2 aromatic carbocycles. The molecule has 0 aliphatic rings. The number of anilines is 1. The van der Waals surface area contributed by atoms with Crippen molar-refractivity contribution in [2.45, 2.75) is 11.3 Å². The molecule has 0 bridgehead atoms. The monoisotopic (exact) mass is 465 g/mol. The molecule has 0 spiro atoms. The van der Waals surface area contributed by atoms with E-state index in [4.69, 9.17) is 4.74 Å². The number of carbonyl (C=O) groups excluding carboxylic acids is 1. The number of sulfonamides is 1. The number of para-hydroxylation sites is 1. The first-order valence-corrected chi connectivity index (χ1v) is 13.0. The van der Waals surface area contributed by atoms with Crippen LogP contribution < -0.4 is 14.4 Å². The van der Waals surface area contributed by atoms with Gasteiger partial charge in [0.05, 0.1) is 28.8 Å². The smallest absolute Gasteiger partial charge is 0.240 e. The maximum absolute atomic E-state index is 12.3. The predicted molar refractivity (Wildman–Crippen MR) is 123 cm³/mol. The Hall–Kier alpha value is -2.30. The molecular formula is C20H23N3O4S3. The minimum Gasteiger partial charge on any atom is -0.494 e. The highest BCUT2D eigenvalue weighted by Crippen LogP contribution is 2.28. The number of nitrogens with one attached hydrogen (secondary N) is 1. The Morgan fingerprint density at radius 2 is 1.93 bits per heavy atom. The maximum Gasteiger partial charge on any atom is 0.240 e. The van der Waals surface area contributed by atoms with Crippen molar-refractivity contribution in [1.82, 2.24) is 10.3 Å². The zero-order valence-electron chi connectivity index (χ0n) is 16.7. The number of amides is 1. The molecule has 0 aliphatic carbocycles. The third kappa shape index (κ3) is 6.10. The molecule has 7 nitrogen and oxygen atoms in total. The topological polar surface area (TPSA) is 88.6 Å². The van der Waals surface area contributed by atoms with Crippen LogP contribution in [-0.4, -0.2) is 51.0 Å². The minimum absolute atomic E-state index is 0.279. The first-order valence-electron chi connectivity index (χ1n) is 9.32. The number of thioether (sulfide) groups is 1. The van der Waals surface area contributed by atoms with Gasteiger partial charge in [-0.3, -0.25) is 9.10 Å². The average Bonchev–Trinajstić information content (AvgIpc) is 3.12. The van der Waals surface area contributed by atoms with Crippen LogP contribution in [0, 0.1) is 0 Å². The zero-order chi connectivity index (χ0) is 21.6. The third-order valence-electron chi connectivity index (χ3n) is 4.05. The van der Waals surface area contributed by atoms with Crippen LogP contribution in [-0.2, 0) is 14.8 Å².